The van der Waals surface area contributed by atoms with Crippen LogP contribution in [0.15, 0.2) is 12.1 Å². The molecular formula is C13H21N3O. The molecule has 94 valence electrons. The lowest BCUT2D eigenvalue weighted by atomic mass is 10.00. The van der Waals surface area contributed by atoms with Crippen LogP contribution >= 0.6 is 0 Å². The lowest BCUT2D eigenvalue weighted by Crippen LogP contribution is -2.40. The molecule has 1 atom stereocenters. The first-order chi connectivity index (χ1) is 8.26. The van der Waals surface area contributed by atoms with Crippen molar-refractivity contribution < 1.29 is 4.74 Å². The maximum atomic E-state index is 6.03. The minimum absolute atomic E-state index is 0.561. The summed E-state index contributed by atoms with van der Waals surface area (Å²) in [4.78, 5) is 6.83. The molecule has 17 heavy (non-hydrogen) atoms. The van der Waals surface area contributed by atoms with Crippen LogP contribution < -0.4 is 15.4 Å². The van der Waals surface area contributed by atoms with Gasteiger partial charge in [0.1, 0.15) is 0 Å². The molecule has 0 aromatic carbocycles. The van der Waals surface area contributed by atoms with E-state index in [2.05, 4.69) is 16.8 Å². The smallest absolute Gasteiger partial charge is 0.215 e. The number of aromatic nitrogens is 1. The Hall–Kier alpha value is -1.45. The van der Waals surface area contributed by atoms with Gasteiger partial charge in [-0.15, -0.1) is 0 Å². The largest absolute Gasteiger partial charge is 0.481 e. The predicted octanol–water partition coefficient (Wildman–Crippen LogP) is 2.44. The summed E-state index contributed by atoms with van der Waals surface area (Å²) in [6.45, 7) is 3.27. The van der Waals surface area contributed by atoms with Crippen molar-refractivity contribution in [1.82, 2.24) is 4.98 Å². The van der Waals surface area contributed by atoms with Crippen LogP contribution in [0.2, 0.25) is 0 Å². The molecule has 0 radical (unpaired) electrons. The minimum atomic E-state index is 0.561. The third-order valence-electron chi connectivity index (χ3n) is 3.46. The lowest BCUT2D eigenvalue weighted by Gasteiger charge is -2.36. The van der Waals surface area contributed by atoms with Gasteiger partial charge >= 0.3 is 0 Å². The van der Waals surface area contributed by atoms with Crippen LogP contribution in [0.1, 0.15) is 32.6 Å². The average molecular weight is 235 g/mol. The molecule has 2 heterocycles. The van der Waals surface area contributed by atoms with Gasteiger partial charge < -0.3 is 15.4 Å². The summed E-state index contributed by atoms with van der Waals surface area (Å²) in [7, 11) is 1.63. The van der Waals surface area contributed by atoms with Gasteiger partial charge in [0.15, 0.2) is 5.82 Å². The molecule has 1 aliphatic heterocycles. The number of nitrogens with zero attached hydrogens (tertiary/aromatic N) is 2. The summed E-state index contributed by atoms with van der Waals surface area (Å²) in [6.07, 6.45) is 4.89. The number of nitrogen functional groups attached to an aromatic ring is 1. The van der Waals surface area contributed by atoms with Crippen LogP contribution in [0.5, 0.6) is 5.88 Å². The van der Waals surface area contributed by atoms with Gasteiger partial charge in [-0.25, -0.2) is 0 Å². The number of rotatable bonds is 3. The Bertz CT molecular complexity index is 381. The molecule has 1 unspecified atom stereocenters. The molecule has 1 aliphatic rings. The summed E-state index contributed by atoms with van der Waals surface area (Å²) in [5.41, 5.74) is 6.77. The second-order valence-electron chi connectivity index (χ2n) is 4.52. The number of piperidine rings is 1. The minimum Gasteiger partial charge on any atom is -0.481 e. The number of ether oxygens (including phenoxy) is 1. The summed E-state index contributed by atoms with van der Waals surface area (Å²) in [6, 6.07) is 4.25. The molecular weight excluding hydrogens is 214 g/mol. The fourth-order valence-electron chi connectivity index (χ4n) is 2.49. The Morgan fingerprint density at radius 2 is 2.29 bits per heavy atom. The van der Waals surface area contributed by atoms with E-state index in [1.807, 2.05) is 12.1 Å². The first-order valence-electron chi connectivity index (χ1n) is 6.33. The number of anilines is 2. The first kappa shape index (κ1) is 12.0. The Morgan fingerprint density at radius 1 is 1.47 bits per heavy atom. The lowest BCUT2D eigenvalue weighted by molar-refractivity contribution is 0.394. The first-order valence-corrected chi connectivity index (χ1v) is 6.33. The zero-order chi connectivity index (χ0) is 12.3. The maximum Gasteiger partial charge on any atom is 0.215 e. The second kappa shape index (κ2) is 5.25. The maximum absolute atomic E-state index is 6.03. The van der Waals surface area contributed by atoms with E-state index in [0.717, 1.165) is 24.5 Å². The molecule has 4 heteroatoms. The van der Waals surface area contributed by atoms with Crippen LogP contribution in [0.25, 0.3) is 0 Å². The Labute approximate surface area is 103 Å². The van der Waals surface area contributed by atoms with Gasteiger partial charge in [-0.2, -0.15) is 4.98 Å². The van der Waals surface area contributed by atoms with Crippen LogP contribution in [0.4, 0.5) is 11.5 Å². The Balaban J connectivity index is 2.30. The number of nitrogens with two attached hydrogens (primary N) is 1. The summed E-state index contributed by atoms with van der Waals surface area (Å²) >= 11 is 0. The van der Waals surface area contributed by atoms with Crippen molar-refractivity contribution in [2.45, 2.75) is 38.6 Å². The van der Waals surface area contributed by atoms with E-state index < -0.39 is 0 Å². The summed E-state index contributed by atoms with van der Waals surface area (Å²) < 4.78 is 5.18. The molecule has 0 saturated carbocycles. The molecule has 4 nitrogen and oxygen atoms in total. The molecule has 2 N–H and O–H groups in total. The van der Waals surface area contributed by atoms with E-state index in [-0.39, 0.29) is 0 Å². The van der Waals surface area contributed by atoms with Gasteiger partial charge in [-0.3, -0.25) is 0 Å². The SMILES string of the molecule is CCC1CCCCN1c1nc(OC)ccc1N. The number of hydrogen-bond acceptors (Lipinski definition) is 4. The van der Waals surface area contributed by atoms with Crippen molar-refractivity contribution in [3.63, 3.8) is 0 Å². The van der Waals surface area contributed by atoms with Crippen molar-refractivity contribution in [3.8, 4) is 5.88 Å². The Kier molecular flexibility index (Phi) is 3.71. The molecule has 1 fully saturated rings. The number of methoxy groups -OCH3 is 1. The van der Waals surface area contributed by atoms with Gasteiger partial charge in [0.25, 0.3) is 0 Å². The molecule has 1 saturated heterocycles. The van der Waals surface area contributed by atoms with Gasteiger partial charge in [0.2, 0.25) is 5.88 Å². The second-order valence-corrected chi connectivity index (χ2v) is 4.52. The highest BCUT2D eigenvalue weighted by atomic mass is 16.5. The highest BCUT2D eigenvalue weighted by Crippen LogP contribution is 2.30. The van der Waals surface area contributed by atoms with E-state index in [4.69, 9.17) is 10.5 Å². The van der Waals surface area contributed by atoms with Crippen molar-refractivity contribution in [1.29, 1.82) is 0 Å². The van der Waals surface area contributed by atoms with E-state index >= 15 is 0 Å². The quantitative estimate of drug-likeness (QED) is 0.874. The van der Waals surface area contributed by atoms with Crippen LogP contribution in [-0.2, 0) is 0 Å². The van der Waals surface area contributed by atoms with E-state index in [9.17, 15) is 0 Å². The number of hydrogen-bond donors (Lipinski definition) is 1. The van der Waals surface area contributed by atoms with Crippen LogP contribution in [-0.4, -0.2) is 24.7 Å². The third kappa shape index (κ3) is 2.46. The summed E-state index contributed by atoms with van der Waals surface area (Å²) in [5.74, 6) is 1.52. The molecule has 1 aromatic rings. The van der Waals surface area contributed by atoms with Crippen molar-refractivity contribution >= 4 is 11.5 Å². The normalized spacial score (nSPS) is 20.4. The number of pyridine rings is 1. The van der Waals surface area contributed by atoms with Gasteiger partial charge in [-0.05, 0) is 31.7 Å². The van der Waals surface area contributed by atoms with Gasteiger partial charge in [0.05, 0.1) is 12.8 Å². The summed E-state index contributed by atoms with van der Waals surface area (Å²) in [5, 5.41) is 0. The van der Waals surface area contributed by atoms with Crippen LogP contribution in [0.3, 0.4) is 0 Å². The molecule has 0 amide bonds. The van der Waals surface area contributed by atoms with Crippen LogP contribution in [0, 0.1) is 0 Å². The molecule has 0 aliphatic carbocycles. The zero-order valence-electron chi connectivity index (χ0n) is 10.6. The topological polar surface area (TPSA) is 51.4 Å². The highest BCUT2D eigenvalue weighted by molar-refractivity contribution is 5.64. The van der Waals surface area contributed by atoms with E-state index in [0.29, 0.717) is 11.9 Å². The van der Waals surface area contributed by atoms with E-state index in [1.54, 1.807) is 7.11 Å². The molecule has 2 rings (SSSR count). The average Bonchev–Trinajstić information content (AvgIpc) is 2.39. The molecule has 0 spiro atoms. The monoisotopic (exact) mass is 235 g/mol. The molecule has 0 bridgehead atoms. The van der Waals surface area contributed by atoms with Crippen molar-refractivity contribution in [3.05, 3.63) is 12.1 Å². The van der Waals surface area contributed by atoms with Crippen molar-refractivity contribution in [2.24, 2.45) is 0 Å². The molecule has 1 aromatic heterocycles. The fraction of sp³-hybridized carbons (Fsp3) is 0.615. The van der Waals surface area contributed by atoms with Gasteiger partial charge in [-0.1, -0.05) is 6.92 Å². The standard InChI is InChI=1S/C13H21N3O/c1-3-10-6-4-5-9-16(10)13-11(14)7-8-12(15-13)17-2/h7-8,10H,3-6,9,14H2,1-2H3. The highest BCUT2D eigenvalue weighted by Gasteiger charge is 2.23. The Morgan fingerprint density at radius 3 is 3.00 bits per heavy atom. The van der Waals surface area contributed by atoms with Crippen molar-refractivity contribution in [2.75, 3.05) is 24.3 Å². The third-order valence-corrected chi connectivity index (χ3v) is 3.46. The zero-order valence-corrected chi connectivity index (χ0v) is 10.6. The van der Waals surface area contributed by atoms with E-state index in [1.165, 1.54) is 19.3 Å². The predicted molar refractivity (Wildman–Crippen MR) is 70.5 cm³/mol. The fourth-order valence-corrected chi connectivity index (χ4v) is 2.49. The van der Waals surface area contributed by atoms with Gasteiger partial charge in [0, 0.05) is 18.7 Å².